The van der Waals surface area contributed by atoms with Crippen molar-refractivity contribution in [2.75, 3.05) is 18.4 Å². The third kappa shape index (κ3) is 4.87. The van der Waals surface area contributed by atoms with Gasteiger partial charge in [0, 0.05) is 42.5 Å². The van der Waals surface area contributed by atoms with Crippen LogP contribution in [0.2, 0.25) is 0 Å². The molecule has 0 aliphatic rings. The lowest BCUT2D eigenvalue weighted by atomic mass is 9.92. The highest BCUT2D eigenvalue weighted by Crippen LogP contribution is 2.21. The Labute approximate surface area is 164 Å². The Morgan fingerprint density at radius 1 is 1.25 bits per heavy atom. The van der Waals surface area contributed by atoms with Crippen molar-refractivity contribution in [3.05, 3.63) is 40.4 Å². The summed E-state index contributed by atoms with van der Waals surface area (Å²) in [6, 6.07) is 4.13. The van der Waals surface area contributed by atoms with Crippen molar-refractivity contribution >= 4 is 21.7 Å². The molecule has 2 heterocycles. The smallest absolute Gasteiger partial charge is 0.251 e. The molecule has 0 unspecified atom stereocenters. The molecule has 0 spiro atoms. The van der Waals surface area contributed by atoms with E-state index >= 15 is 0 Å². The number of sulfonamides is 1. The van der Waals surface area contributed by atoms with Crippen LogP contribution in [0.3, 0.4) is 0 Å². The Balaban J connectivity index is 2.21. The first-order valence-electron chi connectivity index (χ1n) is 9.05. The molecule has 2 aromatic rings. The zero-order valence-corrected chi connectivity index (χ0v) is 17.6. The van der Waals surface area contributed by atoms with E-state index in [-0.39, 0.29) is 16.9 Å². The number of nitrogens with zero attached hydrogens (tertiary/aromatic N) is 3. The summed E-state index contributed by atoms with van der Waals surface area (Å²) in [5.74, 6) is -0.138. The van der Waals surface area contributed by atoms with Crippen molar-refractivity contribution in [1.29, 1.82) is 0 Å². The van der Waals surface area contributed by atoms with E-state index in [0.717, 1.165) is 16.3 Å². The number of hydrogen-bond donors (Lipinski definition) is 2. The Kier molecular flexibility index (Phi) is 6.45. The van der Waals surface area contributed by atoms with Crippen LogP contribution in [0.15, 0.2) is 34.1 Å². The fourth-order valence-electron chi connectivity index (χ4n) is 2.61. The Morgan fingerprint density at radius 3 is 2.43 bits per heavy atom. The van der Waals surface area contributed by atoms with Gasteiger partial charge in [-0.3, -0.25) is 14.7 Å². The minimum atomic E-state index is -3.72. The van der Waals surface area contributed by atoms with Gasteiger partial charge in [0.1, 0.15) is 6.54 Å². The largest absolute Gasteiger partial charge is 0.308 e. The molecule has 2 aromatic heterocycles. The summed E-state index contributed by atoms with van der Waals surface area (Å²) in [5, 5.41) is 9.52. The molecule has 2 N–H and O–H groups in total. The molecule has 28 heavy (non-hydrogen) atoms. The maximum atomic E-state index is 12.6. The SMILES string of the molecule is CCN(CC)S(=O)(=O)c1ccc(=O)n(CC(=O)Nc2cc(C(C)(C)C)[nH]n2)c1. The number of hydrogen-bond acceptors (Lipinski definition) is 5. The minimum absolute atomic E-state index is 0.0293. The molecule has 0 aromatic carbocycles. The molecule has 1 amide bonds. The second-order valence-electron chi connectivity index (χ2n) is 7.39. The van der Waals surface area contributed by atoms with Gasteiger partial charge < -0.3 is 9.88 Å². The number of carbonyl (C=O) groups is 1. The molecule has 9 nitrogen and oxygen atoms in total. The fourth-order valence-corrected chi connectivity index (χ4v) is 4.08. The van der Waals surface area contributed by atoms with Crippen LogP contribution in [0.1, 0.15) is 40.3 Å². The lowest BCUT2D eigenvalue weighted by molar-refractivity contribution is -0.116. The van der Waals surface area contributed by atoms with Crippen molar-refractivity contribution < 1.29 is 13.2 Å². The highest BCUT2D eigenvalue weighted by atomic mass is 32.2. The molecular formula is C18H27N5O4S. The molecule has 0 bridgehead atoms. The number of H-pyrrole nitrogens is 1. The average molecular weight is 410 g/mol. The molecule has 154 valence electrons. The van der Waals surface area contributed by atoms with E-state index in [0.29, 0.717) is 18.9 Å². The van der Waals surface area contributed by atoms with Crippen LogP contribution in [0.5, 0.6) is 0 Å². The summed E-state index contributed by atoms with van der Waals surface area (Å²) in [4.78, 5) is 24.4. The summed E-state index contributed by atoms with van der Waals surface area (Å²) in [7, 11) is -3.72. The van der Waals surface area contributed by atoms with Crippen molar-refractivity contribution in [2.24, 2.45) is 0 Å². The number of rotatable bonds is 7. The Bertz CT molecular complexity index is 997. The summed E-state index contributed by atoms with van der Waals surface area (Å²) < 4.78 is 27.6. The van der Waals surface area contributed by atoms with Gasteiger partial charge in [-0.15, -0.1) is 0 Å². The van der Waals surface area contributed by atoms with E-state index < -0.39 is 21.5 Å². The van der Waals surface area contributed by atoms with Gasteiger partial charge in [-0.2, -0.15) is 9.40 Å². The number of nitrogens with one attached hydrogen (secondary N) is 2. The molecular weight excluding hydrogens is 382 g/mol. The molecule has 0 fully saturated rings. The van der Waals surface area contributed by atoms with Gasteiger partial charge in [0.2, 0.25) is 15.9 Å². The number of aromatic nitrogens is 3. The maximum Gasteiger partial charge on any atom is 0.251 e. The highest BCUT2D eigenvalue weighted by molar-refractivity contribution is 7.89. The molecule has 0 atom stereocenters. The highest BCUT2D eigenvalue weighted by Gasteiger charge is 2.23. The first-order chi connectivity index (χ1) is 13.0. The second-order valence-corrected chi connectivity index (χ2v) is 9.32. The summed E-state index contributed by atoms with van der Waals surface area (Å²) >= 11 is 0. The number of pyridine rings is 1. The van der Waals surface area contributed by atoms with Gasteiger partial charge in [-0.25, -0.2) is 8.42 Å². The molecule has 2 rings (SSSR count). The second kappa shape index (κ2) is 8.27. The average Bonchev–Trinajstić information content (AvgIpc) is 3.06. The lowest BCUT2D eigenvalue weighted by Crippen LogP contribution is -2.33. The van der Waals surface area contributed by atoms with Crippen molar-refractivity contribution in [3.8, 4) is 0 Å². The van der Waals surface area contributed by atoms with E-state index in [1.807, 2.05) is 20.8 Å². The van der Waals surface area contributed by atoms with Crippen LogP contribution in [-0.4, -0.2) is 46.5 Å². The quantitative estimate of drug-likeness (QED) is 0.719. The van der Waals surface area contributed by atoms with E-state index in [1.165, 1.54) is 16.6 Å². The fraction of sp³-hybridized carbons (Fsp3) is 0.500. The van der Waals surface area contributed by atoms with Gasteiger partial charge in [-0.1, -0.05) is 34.6 Å². The number of anilines is 1. The summed E-state index contributed by atoms with van der Waals surface area (Å²) in [5.41, 5.74) is 0.235. The Hall–Kier alpha value is -2.46. The van der Waals surface area contributed by atoms with Gasteiger partial charge in [0.15, 0.2) is 5.82 Å². The van der Waals surface area contributed by atoms with Crippen LogP contribution in [0, 0.1) is 0 Å². The standard InChI is InChI=1S/C18H27N5O4S/c1-6-23(7-2)28(26,27)13-8-9-17(25)22(11-13)12-16(24)19-15-10-14(20-21-15)18(3,4)5/h8-11H,6-7,12H2,1-5H3,(H2,19,20,21,24). The molecule has 10 heteroatoms. The first kappa shape index (κ1) is 21.8. The van der Waals surface area contributed by atoms with E-state index in [9.17, 15) is 18.0 Å². The van der Waals surface area contributed by atoms with Gasteiger partial charge >= 0.3 is 0 Å². The normalized spacial score (nSPS) is 12.4. The predicted molar refractivity (Wildman–Crippen MR) is 107 cm³/mol. The molecule has 0 saturated heterocycles. The van der Waals surface area contributed by atoms with Crippen LogP contribution in [0.25, 0.3) is 0 Å². The number of amides is 1. The molecule has 0 radical (unpaired) electrons. The number of carbonyl (C=O) groups excluding carboxylic acids is 1. The third-order valence-electron chi connectivity index (χ3n) is 4.27. The zero-order chi connectivity index (χ0) is 21.1. The van der Waals surface area contributed by atoms with E-state index in [1.54, 1.807) is 19.9 Å². The molecule has 0 aliphatic heterocycles. The van der Waals surface area contributed by atoms with Crippen LogP contribution < -0.4 is 10.9 Å². The van der Waals surface area contributed by atoms with E-state index in [4.69, 9.17) is 0 Å². The van der Waals surface area contributed by atoms with Crippen molar-refractivity contribution in [3.63, 3.8) is 0 Å². The summed E-state index contributed by atoms with van der Waals surface area (Å²) in [6.07, 6.45) is 1.20. The van der Waals surface area contributed by atoms with E-state index in [2.05, 4.69) is 15.5 Å². The van der Waals surface area contributed by atoms with Crippen molar-refractivity contribution in [1.82, 2.24) is 19.1 Å². The van der Waals surface area contributed by atoms with Crippen molar-refractivity contribution in [2.45, 2.75) is 51.5 Å². The number of aromatic amines is 1. The molecule has 0 aliphatic carbocycles. The van der Waals surface area contributed by atoms with Crippen LogP contribution in [-0.2, 0) is 26.8 Å². The third-order valence-corrected chi connectivity index (χ3v) is 6.30. The maximum absolute atomic E-state index is 12.6. The topological polar surface area (TPSA) is 117 Å². The van der Waals surface area contributed by atoms with Gasteiger partial charge in [-0.05, 0) is 6.07 Å². The minimum Gasteiger partial charge on any atom is -0.308 e. The van der Waals surface area contributed by atoms with Gasteiger partial charge in [0.05, 0.1) is 4.90 Å². The monoisotopic (exact) mass is 409 g/mol. The molecule has 0 saturated carbocycles. The first-order valence-corrected chi connectivity index (χ1v) is 10.5. The van der Waals surface area contributed by atoms with Crippen LogP contribution >= 0.6 is 0 Å². The Morgan fingerprint density at radius 2 is 1.89 bits per heavy atom. The lowest BCUT2D eigenvalue weighted by Gasteiger charge is -2.18. The van der Waals surface area contributed by atoms with Gasteiger partial charge in [0.25, 0.3) is 5.56 Å². The summed E-state index contributed by atoms with van der Waals surface area (Å²) in [6.45, 7) is 9.80. The zero-order valence-electron chi connectivity index (χ0n) is 16.8. The predicted octanol–water partition coefficient (Wildman–Crippen LogP) is 1.54. The van der Waals surface area contributed by atoms with Crippen LogP contribution in [0.4, 0.5) is 5.82 Å².